The molecule has 104 valence electrons. The average Bonchev–Trinajstić information content (AvgIpc) is 2.92. The fourth-order valence-corrected chi connectivity index (χ4v) is 1.59. The van der Waals surface area contributed by atoms with Crippen LogP contribution >= 0.6 is 0 Å². The zero-order valence-electron chi connectivity index (χ0n) is 10.5. The number of nitro groups is 1. The second-order valence-corrected chi connectivity index (χ2v) is 3.99. The fraction of sp³-hybridized carbons (Fsp3) is 0.167. The number of non-ortho nitro benzene ring substituents is 1. The van der Waals surface area contributed by atoms with E-state index >= 15 is 0 Å². The van der Waals surface area contributed by atoms with E-state index in [9.17, 15) is 14.9 Å². The first-order valence-corrected chi connectivity index (χ1v) is 5.90. The summed E-state index contributed by atoms with van der Waals surface area (Å²) in [5.41, 5.74) is 0.306. The van der Waals surface area contributed by atoms with Crippen LogP contribution in [0, 0.1) is 10.1 Å². The predicted octanol–water partition coefficient (Wildman–Crippen LogP) is 1.61. The molecule has 0 radical (unpaired) electrons. The van der Waals surface area contributed by atoms with Gasteiger partial charge < -0.3 is 15.2 Å². The lowest BCUT2D eigenvalue weighted by Crippen LogP contribution is -2.31. The van der Waals surface area contributed by atoms with Crippen molar-refractivity contribution in [2.45, 2.75) is 6.54 Å². The van der Waals surface area contributed by atoms with Crippen molar-refractivity contribution in [3.05, 3.63) is 53.1 Å². The summed E-state index contributed by atoms with van der Waals surface area (Å²) >= 11 is 0. The molecule has 1 aromatic carbocycles. The van der Waals surface area contributed by atoms with Crippen molar-refractivity contribution in [2.75, 3.05) is 11.9 Å². The van der Waals surface area contributed by atoms with Crippen LogP contribution in [-0.4, -0.2) is 27.1 Å². The lowest BCUT2D eigenvalue weighted by atomic mass is 10.3. The molecule has 0 aliphatic heterocycles. The summed E-state index contributed by atoms with van der Waals surface area (Å²) < 4.78 is 1.83. The highest BCUT2D eigenvalue weighted by Crippen LogP contribution is 2.16. The first-order chi connectivity index (χ1) is 9.65. The molecular weight excluding hydrogens is 262 g/mol. The lowest BCUT2D eigenvalue weighted by molar-refractivity contribution is -0.384. The Labute approximate surface area is 114 Å². The maximum atomic E-state index is 11.6. The van der Waals surface area contributed by atoms with Crippen LogP contribution in [0.4, 0.5) is 16.2 Å². The SMILES string of the molecule is O=C(NCCn1ccnc1)Nc1cccc([N+](=O)[O-])c1. The van der Waals surface area contributed by atoms with Gasteiger partial charge in [0.05, 0.1) is 11.3 Å². The van der Waals surface area contributed by atoms with E-state index in [0.29, 0.717) is 18.8 Å². The second kappa shape index (κ2) is 6.32. The number of aromatic nitrogens is 2. The Balaban J connectivity index is 1.82. The minimum Gasteiger partial charge on any atom is -0.336 e. The number of imidazole rings is 1. The molecule has 0 aliphatic rings. The standard InChI is InChI=1S/C12H13N5O3/c18-12(14-5-7-16-6-4-13-9-16)15-10-2-1-3-11(8-10)17(19)20/h1-4,6,8-9H,5,7H2,(H2,14,15,18). The van der Waals surface area contributed by atoms with Crippen LogP contribution in [0.25, 0.3) is 0 Å². The molecule has 0 aliphatic carbocycles. The van der Waals surface area contributed by atoms with Crippen LogP contribution in [0.3, 0.4) is 0 Å². The summed E-state index contributed by atoms with van der Waals surface area (Å²) in [6, 6.07) is 5.35. The monoisotopic (exact) mass is 275 g/mol. The Kier molecular flexibility index (Phi) is 4.28. The number of urea groups is 1. The lowest BCUT2D eigenvalue weighted by Gasteiger charge is -2.07. The predicted molar refractivity (Wildman–Crippen MR) is 72.3 cm³/mol. The molecule has 0 fully saturated rings. The van der Waals surface area contributed by atoms with E-state index in [1.54, 1.807) is 24.8 Å². The first kappa shape index (κ1) is 13.5. The molecule has 2 aromatic rings. The van der Waals surface area contributed by atoms with Crippen molar-refractivity contribution in [1.82, 2.24) is 14.9 Å². The second-order valence-electron chi connectivity index (χ2n) is 3.99. The van der Waals surface area contributed by atoms with E-state index < -0.39 is 11.0 Å². The smallest absolute Gasteiger partial charge is 0.319 e. The van der Waals surface area contributed by atoms with Crippen molar-refractivity contribution in [1.29, 1.82) is 0 Å². The summed E-state index contributed by atoms with van der Waals surface area (Å²) in [5.74, 6) is 0. The molecule has 0 saturated carbocycles. The third-order valence-corrected chi connectivity index (χ3v) is 2.53. The number of carbonyl (C=O) groups is 1. The van der Waals surface area contributed by atoms with Gasteiger partial charge in [-0.3, -0.25) is 10.1 Å². The van der Waals surface area contributed by atoms with Gasteiger partial charge in [0.1, 0.15) is 0 Å². The number of benzene rings is 1. The topological polar surface area (TPSA) is 102 Å². The Bertz CT molecular complexity index is 597. The summed E-state index contributed by atoms with van der Waals surface area (Å²) in [7, 11) is 0. The van der Waals surface area contributed by atoms with Gasteiger partial charge >= 0.3 is 6.03 Å². The minimum atomic E-state index is -0.512. The maximum Gasteiger partial charge on any atom is 0.319 e. The van der Waals surface area contributed by atoms with Gasteiger partial charge in [0.15, 0.2) is 0 Å². The van der Waals surface area contributed by atoms with Crippen molar-refractivity contribution in [3.8, 4) is 0 Å². The Morgan fingerprint density at radius 2 is 2.30 bits per heavy atom. The van der Waals surface area contributed by atoms with E-state index in [-0.39, 0.29) is 5.69 Å². The Hall–Kier alpha value is -2.90. The number of amides is 2. The van der Waals surface area contributed by atoms with Crippen LogP contribution in [0.1, 0.15) is 0 Å². The zero-order valence-corrected chi connectivity index (χ0v) is 10.5. The normalized spacial score (nSPS) is 10.0. The summed E-state index contributed by atoms with van der Waals surface area (Å²) in [6.45, 7) is 1.03. The quantitative estimate of drug-likeness (QED) is 0.639. The first-order valence-electron chi connectivity index (χ1n) is 5.90. The summed E-state index contributed by atoms with van der Waals surface area (Å²) in [6.07, 6.45) is 5.10. The highest BCUT2D eigenvalue weighted by atomic mass is 16.6. The summed E-state index contributed by atoms with van der Waals surface area (Å²) in [4.78, 5) is 25.6. The fourth-order valence-electron chi connectivity index (χ4n) is 1.59. The van der Waals surface area contributed by atoms with E-state index in [1.165, 1.54) is 18.2 Å². The summed E-state index contributed by atoms with van der Waals surface area (Å²) in [5, 5.41) is 15.8. The van der Waals surface area contributed by atoms with Crippen molar-refractivity contribution in [3.63, 3.8) is 0 Å². The molecule has 0 spiro atoms. The van der Waals surface area contributed by atoms with E-state index in [2.05, 4.69) is 15.6 Å². The van der Waals surface area contributed by atoms with Crippen molar-refractivity contribution >= 4 is 17.4 Å². The van der Waals surface area contributed by atoms with Gasteiger partial charge in [0.2, 0.25) is 0 Å². The van der Waals surface area contributed by atoms with Gasteiger partial charge in [-0.2, -0.15) is 0 Å². The zero-order chi connectivity index (χ0) is 14.4. The largest absolute Gasteiger partial charge is 0.336 e. The number of nitrogens with one attached hydrogen (secondary N) is 2. The van der Waals surface area contributed by atoms with Gasteiger partial charge in [-0.05, 0) is 6.07 Å². The highest BCUT2D eigenvalue weighted by molar-refractivity contribution is 5.89. The van der Waals surface area contributed by atoms with Gasteiger partial charge in [0, 0.05) is 43.3 Å². The van der Waals surface area contributed by atoms with Crippen molar-refractivity contribution < 1.29 is 9.72 Å². The molecule has 20 heavy (non-hydrogen) atoms. The Morgan fingerprint density at radius 3 is 3.00 bits per heavy atom. The van der Waals surface area contributed by atoms with Crippen LogP contribution in [-0.2, 0) is 6.54 Å². The molecule has 0 bridgehead atoms. The van der Waals surface area contributed by atoms with Crippen LogP contribution in [0.15, 0.2) is 43.0 Å². The highest BCUT2D eigenvalue weighted by Gasteiger charge is 2.07. The number of rotatable bonds is 5. The minimum absolute atomic E-state index is 0.0683. The average molecular weight is 275 g/mol. The van der Waals surface area contributed by atoms with Gasteiger partial charge in [-0.1, -0.05) is 6.07 Å². The van der Waals surface area contributed by atoms with Gasteiger partial charge in [-0.15, -0.1) is 0 Å². The Morgan fingerprint density at radius 1 is 1.45 bits per heavy atom. The molecule has 2 amide bonds. The molecule has 8 nitrogen and oxygen atoms in total. The van der Waals surface area contributed by atoms with Crippen molar-refractivity contribution in [2.24, 2.45) is 0 Å². The molecule has 1 aromatic heterocycles. The van der Waals surface area contributed by atoms with E-state index in [1.807, 2.05) is 4.57 Å². The van der Waals surface area contributed by atoms with Crippen LogP contribution in [0.2, 0.25) is 0 Å². The molecule has 0 saturated heterocycles. The molecule has 0 unspecified atom stereocenters. The maximum absolute atomic E-state index is 11.6. The third-order valence-electron chi connectivity index (χ3n) is 2.53. The van der Waals surface area contributed by atoms with Gasteiger partial charge in [-0.25, -0.2) is 9.78 Å². The molecule has 2 N–H and O–H groups in total. The number of hydrogen-bond acceptors (Lipinski definition) is 4. The molecular formula is C12H13N5O3. The molecule has 8 heteroatoms. The molecule has 0 atom stereocenters. The van der Waals surface area contributed by atoms with E-state index in [0.717, 1.165) is 0 Å². The third kappa shape index (κ3) is 3.80. The number of anilines is 1. The molecule has 1 heterocycles. The molecule has 2 rings (SSSR count). The van der Waals surface area contributed by atoms with Crippen LogP contribution in [0.5, 0.6) is 0 Å². The number of nitro benzene ring substituents is 1. The van der Waals surface area contributed by atoms with Crippen LogP contribution < -0.4 is 10.6 Å². The van der Waals surface area contributed by atoms with Gasteiger partial charge in [0.25, 0.3) is 5.69 Å². The number of nitrogens with zero attached hydrogens (tertiary/aromatic N) is 3. The number of carbonyl (C=O) groups excluding carboxylic acids is 1. The number of hydrogen-bond donors (Lipinski definition) is 2. The van der Waals surface area contributed by atoms with E-state index in [4.69, 9.17) is 0 Å².